The summed E-state index contributed by atoms with van der Waals surface area (Å²) in [6.07, 6.45) is 0.0252. The van der Waals surface area contributed by atoms with E-state index >= 15 is 0 Å². The van der Waals surface area contributed by atoms with E-state index in [1.165, 1.54) is 35.6 Å². The Kier molecular flexibility index (Phi) is 7.94. The van der Waals surface area contributed by atoms with Crippen LogP contribution < -0.4 is 4.74 Å². The molecular formula is C27H18F4N4O3S2. The van der Waals surface area contributed by atoms with Gasteiger partial charge in [-0.05, 0) is 37.3 Å². The molecule has 0 saturated carbocycles. The van der Waals surface area contributed by atoms with Crippen molar-refractivity contribution in [2.75, 3.05) is 6.61 Å². The molecule has 0 N–H and O–H groups in total. The van der Waals surface area contributed by atoms with Crippen LogP contribution >= 0.6 is 23.1 Å². The van der Waals surface area contributed by atoms with Gasteiger partial charge in [-0.25, -0.2) is 22.6 Å². The van der Waals surface area contributed by atoms with Crippen LogP contribution in [-0.2, 0) is 11.2 Å². The number of thioether (sulfide) groups is 1. The molecule has 1 aromatic heterocycles. The Balaban J connectivity index is 1.46. The third kappa shape index (κ3) is 5.89. The third-order valence-corrected chi connectivity index (χ3v) is 7.71. The van der Waals surface area contributed by atoms with Crippen LogP contribution in [0.25, 0.3) is 0 Å². The number of aromatic nitrogens is 2. The Morgan fingerprint density at radius 3 is 2.33 bits per heavy atom. The fraction of sp³-hybridized carbons (Fsp3) is 0.148. The fourth-order valence-electron chi connectivity index (χ4n) is 3.86. The summed E-state index contributed by atoms with van der Waals surface area (Å²) in [6, 6.07) is 12.6. The molecule has 1 atom stereocenters. The highest BCUT2D eigenvalue weighted by Crippen LogP contribution is 2.45. The van der Waals surface area contributed by atoms with Crippen molar-refractivity contribution in [3.63, 3.8) is 0 Å². The lowest BCUT2D eigenvalue weighted by molar-refractivity contribution is -0.120. The Morgan fingerprint density at radius 2 is 1.65 bits per heavy atom. The Morgan fingerprint density at radius 1 is 0.950 bits per heavy atom. The van der Waals surface area contributed by atoms with E-state index in [0.29, 0.717) is 28.3 Å². The molecule has 40 heavy (non-hydrogen) atoms. The van der Waals surface area contributed by atoms with Crippen LogP contribution in [0.1, 0.15) is 36.9 Å². The second-order valence-corrected chi connectivity index (χ2v) is 10.9. The maximum Gasteiger partial charge on any atom is 0.281 e. The minimum Gasteiger partial charge on any atom is -0.485 e. The highest BCUT2D eigenvalue weighted by Gasteiger charge is 2.38. The molecule has 0 fully saturated rings. The number of carbonyl (C=O) groups is 2. The zero-order chi connectivity index (χ0) is 28.4. The van der Waals surface area contributed by atoms with Gasteiger partial charge >= 0.3 is 0 Å². The van der Waals surface area contributed by atoms with Gasteiger partial charge in [0.1, 0.15) is 61.6 Å². The normalized spacial score (nSPS) is 14.8. The minimum absolute atomic E-state index is 0.0252. The summed E-state index contributed by atoms with van der Waals surface area (Å²) in [6.45, 7) is 1.46. The molecule has 0 aliphatic carbocycles. The Hall–Kier alpha value is -4.10. The van der Waals surface area contributed by atoms with Crippen LogP contribution in [0.2, 0.25) is 0 Å². The number of Topliss-reactive ketones (excluding diaryl/α,β-unsaturated/α-hetero) is 1. The smallest absolute Gasteiger partial charge is 0.281 e. The first-order valence-corrected chi connectivity index (χ1v) is 13.4. The first-order chi connectivity index (χ1) is 19.2. The molecular weight excluding hydrogens is 568 g/mol. The summed E-state index contributed by atoms with van der Waals surface area (Å²) in [5, 5.41) is 13.5. The predicted molar refractivity (Wildman–Crippen MR) is 141 cm³/mol. The van der Waals surface area contributed by atoms with Gasteiger partial charge in [0.2, 0.25) is 0 Å². The monoisotopic (exact) mass is 586 g/mol. The molecule has 2 heterocycles. The molecule has 0 saturated heterocycles. The van der Waals surface area contributed by atoms with Crippen LogP contribution in [-0.4, -0.2) is 38.5 Å². The van der Waals surface area contributed by atoms with Crippen molar-refractivity contribution >= 4 is 39.8 Å². The van der Waals surface area contributed by atoms with Crippen molar-refractivity contribution in [1.82, 2.24) is 15.2 Å². The lowest BCUT2D eigenvalue weighted by atomic mass is 10.1. The lowest BCUT2D eigenvalue weighted by Crippen LogP contribution is -2.28. The number of hydrazone groups is 1. The quantitative estimate of drug-likeness (QED) is 0.241. The predicted octanol–water partition coefficient (Wildman–Crippen LogP) is 5.84. The van der Waals surface area contributed by atoms with E-state index < -0.39 is 40.1 Å². The largest absolute Gasteiger partial charge is 0.485 e. The number of carbonyl (C=O) groups excluding carboxylic acids is 2. The Labute approximate surface area is 233 Å². The van der Waals surface area contributed by atoms with E-state index in [1.807, 2.05) is 0 Å². The average Bonchev–Trinajstić information content (AvgIpc) is 3.54. The number of rotatable bonds is 8. The number of amides is 1. The van der Waals surface area contributed by atoms with Crippen molar-refractivity contribution in [2.24, 2.45) is 5.10 Å². The number of halogens is 4. The van der Waals surface area contributed by atoms with Gasteiger partial charge < -0.3 is 4.74 Å². The molecule has 0 spiro atoms. The molecule has 7 nitrogen and oxygen atoms in total. The summed E-state index contributed by atoms with van der Waals surface area (Å²) < 4.78 is 62.0. The third-order valence-electron chi connectivity index (χ3n) is 5.65. The lowest BCUT2D eigenvalue weighted by Gasteiger charge is -2.23. The zero-order valence-corrected chi connectivity index (χ0v) is 22.2. The summed E-state index contributed by atoms with van der Waals surface area (Å²) in [5.41, 5.74) is -0.158. The van der Waals surface area contributed by atoms with Gasteiger partial charge in [-0.2, -0.15) is 5.10 Å². The summed E-state index contributed by atoms with van der Waals surface area (Å²) in [4.78, 5) is 26.0. The highest BCUT2D eigenvalue weighted by molar-refractivity contribution is 8.14. The number of nitrogens with zero attached hydrogens (tertiary/aromatic N) is 4. The molecule has 0 bridgehead atoms. The van der Waals surface area contributed by atoms with Crippen LogP contribution in [0.4, 0.5) is 17.6 Å². The summed E-state index contributed by atoms with van der Waals surface area (Å²) in [5.74, 6) is -5.65. The maximum atomic E-state index is 14.6. The van der Waals surface area contributed by atoms with Gasteiger partial charge in [0.25, 0.3) is 5.91 Å². The van der Waals surface area contributed by atoms with Crippen molar-refractivity contribution in [3.8, 4) is 5.75 Å². The molecule has 13 heteroatoms. The molecule has 204 valence electrons. The number of ether oxygens (including phenoxy) is 1. The number of para-hydroxylation sites is 1. The molecule has 1 aliphatic rings. The van der Waals surface area contributed by atoms with E-state index in [9.17, 15) is 27.2 Å². The van der Waals surface area contributed by atoms with Gasteiger partial charge in [-0.1, -0.05) is 30.0 Å². The van der Waals surface area contributed by atoms with Crippen molar-refractivity contribution in [3.05, 3.63) is 111 Å². The summed E-state index contributed by atoms with van der Waals surface area (Å²) >= 11 is 2.35. The first-order valence-electron chi connectivity index (χ1n) is 11.7. The molecule has 0 radical (unpaired) electrons. The van der Waals surface area contributed by atoms with E-state index in [-0.39, 0.29) is 29.6 Å². The van der Waals surface area contributed by atoms with Crippen LogP contribution in [0.15, 0.2) is 65.8 Å². The molecule has 3 aromatic carbocycles. The first kappa shape index (κ1) is 27.5. The number of aryl methyl sites for hydroxylation is 1. The van der Waals surface area contributed by atoms with Gasteiger partial charge in [-0.3, -0.25) is 9.59 Å². The second-order valence-electron chi connectivity index (χ2n) is 8.53. The van der Waals surface area contributed by atoms with E-state index in [2.05, 4.69) is 15.3 Å². The molecule has 4 aromatic rings. The van der Waals surface area contributed by atoms with E-state index in [0.717, 1.165) is 21.8 Å². The zero-order valence-electron chi connectivity index (χ0n) is 20.6. The molecule has 1 unspecified atom stereocenters. The SMILES string of the molecule is Cc1nnc(CC(=O)COc2ccccc2C2SC(c3ccc(F)cc3)=NN2C(=O)c2c(F)cc(F)cc2F)s1. The maximum absolute atomic E-state index is 14.6. The Bertz CT molecular complexity index is 1610. The van der Waals surface area contributed by atoms with Crippen molar-refractivity contribution in [2.45, 2.75) is 18.7 Å². The number of hydrogen-bond donors (Lipinski definition) is 0. The highest BCUT2D eigenvalue weighted by atomic mass is 32.2. The van der Waals surface area contributed by atoms with E-state index in [4.69, 9.17) is 4.74 Å². The molecule has 1 aliphatic heterocycles. The number of ketones is 1. The number of benzene rings is 3. The second kappa shape index (κ2) is 11.6. The van der Waals surface area contributed by atoms with Crippen LogP contribution in [0.5, 0.6) is 5.75 Å². The van der Waals surface area contributed by atoms with Crippen LogP contribution in [0.3, 0.4) is 0 Å². The van der Waals surface area contributed by atoms with E-state index in [1.54, 1.807) is 31.2 Å². The summed E-state index contributed by atoms with van der Waals surface area (Å²) in [7, 11) is 0. The van der Waals surface area contributed by atoms with Gasteiger partial charge in [-0.15, -0.1) is 21.5 Å². The van der Waals surface area contributed by atoms with Gasteiger partial charge in [0.05, 0.1) is 6.42 Å². The van der Waals surface area contributed by atoms with Crippen LogP contribution in [0, 0.1) is 30.2 Å². The molecule has 1 amide bonds. The fourth-order valence-corrected chi connectivity index (χ4v) is 5.78. The molecule has 5 rings (SSSR count). The van der Waals surface area contributed by atoms with Gasteiger partial charge in [0.15, 0.2) is 5.78 Å². The topological polar surface area (TPSA) is 84.8 Å². The van der Waals surface area contributed by atoms with Crippen molar-refractivity contribution in [1.29, 1.82) is 0 Å². The standard InChI is InChI=1S/C27H18F4N4O3S2/c1-14-32-33-23(39-14)12-18(36)13-38-22-5-3-2-4-19(22)27-35(26(37)24-20(30)10-17(29)11-21(24)31)34-25(40-27)15-6-8-16(28)9-7-15/h2-11,27H,12-13H2,1H3. The number of hydrogen-bond acceptors (Lipinski definition) is 8. The minimum atomic E-state index is -1.39. The van der Waals surface area contributed by atoms with Gasteiger partial charge in [0, 0.05) is 23.3 Å². The average molecular weight is 587 g/mol. The van der Waals surface area contributed by atoms with Crippen molar-refractivity contribution < 1.29 is 31.9 Å².